The molecule has 0 saturated heterocycles. The molecular weight excluding hydrogens is 294 g/mol. The van der Waals surface area contributed by atoms with Crippen LogP contribution in [0.2, 0.25) is 0 Å². The van der Waals surface area contributed by atoms with Gasteiger partial charge in [0.05, 0.1) is 27.1 Å². The molecule has 92 valence electrons. The third kappa shape index (κ3) is 2.26. The van der Waals surface area contributed by atoms with E-state index in [1.54, 1.807) is 6.07 Å². The van der Waals surface area contributed by atoms with Crippen LogP contribution in [-0.2, 0) is 4.79 Å². The topological polar surface area (TPSA) is 54.9 Å². The van der Waals surface area contributed by atoms with Gasteiger partial charge in [0.2, 0.25) is 5.91 Å². The maximum atomic E-state index is 11.3. The van der Waals surface area contributed by atoms with E-state index in [1.807, 2.05) is 19.9 Å². The van der Waals surface area contributed by atoms with Gasteiger partial charge in [-0.2, -0.15) is 0 Å². The lowest BCUT2D eigenvalue weighted by atomic mass is 10.2. The zero-order valence-electron chi connectivity index (χ0n) is 10.1. The minimum atomic E-state index is -0.258. The molecule has 5 heteroatoms. The Labute approximate surface area is 113 Å². The number of aryl methyl sites for hydroxylation is 2. The summed E-state index contributed by atoms with van der Waals surface area (Å²) >= 11 is 3.45. The number of halogens is 1. The van der Waals surface area contributed by atoms with Gasteiger partial charge in [0.1, 0.15) is 5.52 Å². The van der Waals surface area contributed by atoms with E-state index in [4.69, 9.17) is 0 Å². The van der Waals surface area contributed by atoms with Crippen LogP contribution in [0, 0.1) is 13.8 Å². The number of nitrogens with one attached hydrogen (secondary N) is 1. The van der Waals surface area contributed by atoms with Crippen LogP contribution in [0.25, 0.3) is 11.0 Å². The number of benzene rings is 1. The molecule has 0 aliphatic carbocycles. The fraction of sp³-hybridized carbons (Fsp3) is 0.154. The Morgan fingerprint density at radius 1 is 1.33 bits per heavy atom. The van der Waals surface area contributed by atoms with Gasteiger partial charge in [-0.15, -0.1) is 0 Å². The lowest BCUT2D eigenvalue weighted by molar-refractivity contribution is -0.111. The van der Waals surface area contributed by atoms with Gasteiger partial charge in [-0.25, -0.2) is 9.97 Å². The number of fused-ring (bicyclic) bond motifs is 1. The molecule has 18 heavy (non-hydrogen) atoms. The fourth-order valence-electron chi connectivity index (χ4n) is 1.54. The first-order valence-corrected chi connectivity index (χ1v) is 6.19. The predicted molar refractivity (Wildman–Crippen MR) is 75.5 cm³/mol. The van der Waals surface area contributed by atoms with E-state index >= 15 is 0 Å². The number of nitrogens with zero attached hydrogens (tertiary/aromatic N) is 2. The van der Waals surface area contributed by atoms with Crippen molar-refractivity contribution in [2.45, 2.75) is 13.8 Å². The number of aromatic nitrogens is 2. The maximum absolute atomic E-state index is 11.3. The van der Waals surface area contributed by atoms with Crippen molar-refractivity contribution in [2.24, 2.45) is 0 Å². The number of hydrogen-bond donors (Lipinski definition) is 1. The molecule has 0 bridgehead atoms. The van der Waals surface area contributed by atoms with Crippen LogP contribution in [0.4, 0.5) is 5.69 Å². The number of carbonyl (C=O) groups is 1. The third-order valence-corrected chi connectivity index (χ3v) is 3.43. The molecule has 0 aliphatic heterocycles. The summed E-state index contributed by atoms with van der Waals surface area (Å²) < 4.78 is 0.728. The number of anilines is 1. The van der Waals surface area contributed by atoms with E-state index in [1.165, 1.54) is 6.08 Å². The van der Waals surface area contributed by atoms with Gasteiger partial charge in [-0.1, -0.05) is 6.58 Å². The Hall–Kier alpha value is -1.75. The summed E-state index contributed by atoms with van der Waals surface area (Å²) in [5.74, 6) is -0.258. The number of amides is 1. The molecule has 0 fully saturated rings. The molecule has 1 amide bonds. The molecule has 1 heterocycles. The second-order valence-corrected chi connectivity index (χ2v) is 4.68. The van der Waals surface area contributed by atoms with Gasteiger partial charge in [-0.3, -0.25) is 4.79 Å². The highest BCUT2D eigenvalue weighted by molar-refractivity contribution is 9.10. The van der Waals surface area contributed by atoms with E-state index in [0.717, 1.165) is 26.9 Å². The van der Waals surface area contributed by atoms with Crippen molar-refractivity contribution in [2.75, 3.05) is 5.32 Å². The normalized spacial score (nSPS) is 10.4. The Morgan fingerprint density at radius 2 is 2.00 bits per heavy atom. The van der Waals surface area contributed by atoms with Crippen molar-refractivity contribution >= 4 is 38.6 Å². The molecule has 1 N–H and O–H groups in total. The van der Waals surface area contributed by atoms with E-state index in [0.29, 0.717) is 5.69 Å². The highest BCUT2D eigenvalue weighted by Gasteiger charge is 2.10. The largest absolute Gasteiger partial charge is 0.321 e. The summed E-state index contributed by atoms with van der Waals surface area (Å²) in [7, 11) is 0. The van der Waals surface area contributed by atoms with E-state index in [9.17, 15) is 4.79 Å². The fourth-order valence-corrected chi connectivity index (χ4v) is 2.06. The first-order valence-electron chi connectivity index (χ1n) is 5.40. The summed E-state index contributed by atoms with van der Waals surface area (Å²) in [6, 6.07) is 3.62. The number of carbonyl (C=O) groups excluding carboxylic acids is 1. The van der Waals surface area contributed by atoms with Gasteiger partial charge in [0.15, 0.2) is 0 Å². The Morgan fingerprint density at radius 3 is 2.67 bits per heavy atom. The number of hydrogen-bond acceptors (Lipinski definition) is 3. The van der Waals surface area contributed by atoms with Crippen LogP contribution < -0.4 is 5.32 Å². The molecule has 0 unspecified atom stereocenters. The summed E-state index contributed by atoms with van der Waals surface area (Å²) in [5, 5.41) is 2.71. The summed E-state index contributed by atoms with van der Waals surface area (Å²) in [6.45, 7) is 7.24. The van der Waals surface area contributed by atoms with Gasteiger partial charge >= 0.3 is 0 Å². The van der Waals surface area contributed by atoms with Crippen LogP contribution in [-0.4, -0.2) is 15.9 Å². The quantitative estimate of drug-likeness (QED) is 0.867. The minimum absolute atomic E-state index is 0.258. The van der Waals surface area contributed by atoms with Crippen molar-refractivity contribution in [3.63, 3.8) is 0 Å². The Balaban J connectivity index is 2.59. The molecule has 0 aliphatic rings. The lowest BCUT2D eigenvalue weighted by Crippen LogP contribution is -2.08. The maximum Gasteiger partial charge on any atom is 0.247 e. The van der Waals surface area contributed by atoms with Gasteiger partial charge in [0.25, 0.3) is 0 Å². The van der Waals surface area contributed by atoms with Crippen molar-refractivity contribution < 1.29 is 4.79 Å². The van der Waals surface area contributed by atoms with Crippen LogP contribution >= 0.6 is 15.9 Å². The first-order chi connectivity index (χ1) is 8.52. The van der Waals surface area contributed by atoms with Gasteiger partial charge in [0, 0.05) is 0 Å². The molecule has 0 saturated carbocycles. The highest BCUT2D eigenvalue weighted by Crippen LogP contribution is 2.29. The van der Waals surface area contributed by atoms with E-state index < -0.39 is 0 Å². The van der Waals surface area contributed by atoms with Crippen LogP contribution in [0.15, 0.2) is 29.3 Å². The molecule has 0 radical (unpaired) electrons. The lowest BCUT2D eigenvalue weighted by Gasteiger charge is -2.09. The zero-order chi connectivity index (χ0) is 13.3. The van der Waals surface area contributed by atoms with E-state index in [-0.39, 0.29) is 5.91 Å². The van der Waals surface area contributed by atoms with E-state index in [2.05, 4.69) is 37.8 Å². The average Bonchev–Trinajstić information content (AvgIpc) is 2.35. The first kappa shape index (κ1) is 12.7. The predicted octanol–water partition coefficient (Wildman–Crippen LogP) is 3.13. The summed E-state index contributed by atoms with van der Waals surface area (Å²) in [6.07, 6.45) is 1.22. The van der Waals surface area contributed by atoms with Gasteiger partial charge < -0.3 is 5.32 Å². The number of rotatable bonds is 2. The smallest absolute Gasteiger partial charge is 0.247 e. The van der Waals surface area contributed by atoms with Crippen LogP contribution in [0.5, 0.6) is 0 Å². The Bertz CT molecular complexity index is 652. The average molecular weight is 306 g/mol. The highest BCUT2D eigenvalue weighted by atomic mass is 79.9. The second kappa shape index (κ2) is 4.86. The third-order valence-electron chi connectivity index (χ3n) is 2.63. The molecule has 1 aromatic carbocycles. The van der Waals surface area contributed by atoms with Crippen molar-refractivity contribution in [3.05, 3.63) is 40.6 Å². The van der Waals surface area contributed by atoms with Crippen LogP contribution in [0.1, 0.15) is 11.4 Å². The van der Waals surface area contributed by atoms with Crippen molar-refractivity contribution in [1.29, 1.82) is 0 Å². The SMILES string of the molecule is C=CC(=O)Nc1ccc2nc(C)c(C)nc2c1Br. The molecule has 0 spiro atoms. The Kier molecular flexibility index (Phi) is 3.43. The van der Waals surface area contributed by atoms with Gasteiger partial charge in [-0.05, 0) is 48.0 Å². The molecule has 4 nitrogen and oxygen atoms in total. The monoisotopic (exact) mass is 305 g/mol. The zero-order valence-corrected chi connectivity index (χ0v) is 11.7. The molecule has 0 atom stereocenters. The molecular formula is C13H12BrN3O. The standard InChI is InChI=1S/C13H12BrN3O/c1-4-11(18)17-9-5-6-10-13(12(9)14)16-8(3)7(2)15-10/h4-6H,1H2,2-3H3,(H,17,18). The minimum Gasteiger partial charge on any atom is -0.321 e. The molecule has 2 aromatic rings. The van der Waals surface area contributed by atoms with Crippen LogP contribution in [0.3, 0.4) is 0 Å². The molecule has 1 aromatic heterocycles. The summed E-state index contributed by atoms with van der Waals surface area (Å²) in [4.78, 5) is 20.2. The molecule has 2 rings (SSSR count). The summed E-state index contributed by atoms with van der Waals surface area (Å²) in [5.41, 5.74) is 3.96. The van der Waals surface area contributed by atoms with Crippen molar-refractivity contribution in [3.8, 4) is 0 Å². The van der Waals surface area contributed by atoms with Crippen molar-refractivity contribution in [1.82, 2.24) is 9.97 Å². The second-order valence-electron chi connectivity index (χ2n) is 3.88.